The molecule has 9 heteroatoms. The Balaban J connectivity index is 2.21. The molecule has 0 fully saturated rings. The van der Waals surface area contributed by atoms with Gasteiger partial charge in [-0.25, -0.2) is 0 Å². The van der Waals surface area contributed by atoms with E-state index in [9.17, 15) is 15.2 Å². The third-order valence-electron chi connectivity index (χ3n) is 4.25. The van der Waals surface area contributed by atoms with Gasteiger partial charge < -0.3 is 10.8 Å². The number of halogens is 1. The van der Waals surface area contributed by atoms with E-state index in [1.54, 1.807) is 0 Å². The second kappa shape index (κ2) is 7.32. The van der Waals surface area contributed by atoms with E-state index in [0.717, 1.165) is 11.1 Å². The molecule has 0 unspecified atom stereocenters. The first-order valence-electron chi connectivity index (χ1n) is 8.31. The van der Waals surface area contributed by atoms with Crippen molar-refractivity contribution in [2.24, 2.45) is 10.2 Å². The van der Waals surface area contributed by atoms with E-state index in [2.05, 4.69) is 10.2 Å². The van der Waals surface area contributed by atoms with Gasteiger partial charge in [-0.05, 0) is 58.3 Å². The van der Waals surface area contributed by atoms with Gasteiger partial charge in [0.1, 0.15) is 11.4 Å². The summed E-state index contributed by atoms with van der Waals surface area (Å²) in [5.41, 5.74) is 7.00. The highest BCUT2D eigenvalue weighted by Gasteiger charge is 2.18. The highest BCUT2D eigenvalue weighted by atomic mass is 127. The van der Waals surface area contributed by atoms with Gasteiger partial charge in [0.05, 0.1) is 29.6 Å². The van der Waals surface area contributed by atoms with Crippen molar-refractivity contribution in [1.29, 1.82) is 0 Å². The fourth-order valence-electron chi connectivity index (χ4n) is 2.71. The summed E-state index contributed by atoms with van der Waals surface area (Å²) in [5.74, 6) is -0.0199. The lowest BCUT2D eigenvalue weighted by molar-refractivity contribution is -0.384. The fraction of sp³-hybridized carbons (Fsp3) is 0.158. The van der Waals surface area contributed by atoms with Gasteiger partial charge in [-0.2, -0.15) is 0 Å². The van der Waals surface area contributed by atoms with Gasteiger partial charge >= 0.3 is 0 Å². The highest BCUT2D eigenvalue weighted by Crippen LogP contribution is 2.42. The molecule has 0 amide bonds. The lowest BCUT2D eigenvalue weighted by atomic mass is 10.1. The Bertz CT molecular complexity index is 1120. The van der Waals surface area contributed by atoms with Gasteiger partial charge in [0, 0.05) is 23.2 Å². The van der Waals surface area contributed by atoms with Crippen LogP contribution in [0.25, 0.3) is 10.8 Å². The molecule has 0 aromatic heterocycles. The Morgan fingerprint density at radius 3 is 2.46 bits per heavy atom. The summed E-state index contributed by atoms with van der Waals surface area (Å²) >= 11 is 2.02. The summed E-state index contributed by atoms with van der Waals surface area (Å²) in [7, 11) is 6.10. The number of phenols is 1. The van der Waals surface area contributed by atoms with Crippen molar-refractivity contribution in [3.8, 4) is 5.75 Å². The van der Waals surface area contributed by atoms with Crippen LogP contribution in [0.1, 0.15) is 0 Å². The Labute approximate surface area is 175 Å². The maximum absolute atomic E-state index is 11.3. The Kier molecular flexibility index (Phi) is 5.22. The number of nitrogens with two attached hydrogens (primary N) is 1. The van der Waals surface area contributed by atoms with Crippen molar-refractivity contribution in [1.82, 2.24) is 4.48 Å². The fourth-order valence-corrected chi connectivity index (χ4v) is 3.31. The summed E-state index contributed by atoms with van der Waals surface area (Å²) in [6, 6.07) is 12.0. The second-order valence-corrected chi connectivity index (χ2v) is 8.34. The summed E-state index contributed by atoms with van der Waals surface area (Å²) in [6.45, 7) is 0. The number of nitro benzene ring substituents is 1. The molecular weight excluding hydrogens is 473 g/mol. The Morgan fingerprint density at radius 1 is 1.11 bits per heavy atom. The number of hydrogen-bond acceptors (Lipinski definition) is 6. The average Bonchev–Trinajstić information content (AvgIpc) is 2.61. The number of anilines is 1. The number of azo groups is 1. The molecule has 0 aliphatic heterocycles. The third kappa shape index (κ3) is 3.90. The lowest BCUT2D eigenvalue weighted by Gasteiger charge is -2.23. The van der Waals surface area contributed by atoms with Crippen LogP contribution in [0.4, 0.5) is 28.4 Å². The lowest BCUT2D eigenvalue weighted by Crippen LogP contribution is -2.34. The number of phenolic OH excluding ortho intramolecular Hbond substituents is 1. The van der Waals surface area contributed by atoms with Crippen molar-refractivity contribution in [3.63, 3.8) is 0 Å². The van der Waals surface area contributed by atoms with E-state index >= 15 is 0 Å². The Morgan fingerprint density at radius 2 is 1.82 bits per heavy atom. The SMILES string of the molecule is C[N+](C)(C)c1ccc2cc(I)c(O)c(N=Nc3ccc(N)cc3[N+](=O)[O-])c2c1. The standard InChI is InChI=1S/C19H18IN5O3/c1-25(2,3)13-6-4-11-8-15(20)19(26)18(14(11)10-13)23-22-16-7-5-12(21)9-17(16)24(27)28/h4-10H,1-3H3,(H2-,21,22,23,26)/p+1. The van der Waals surface area contributed by atoms with Crippen LogP contribution in [0.15, 0.2) is 52.7 Å². The largest absolute Gasteiger partial charge is 0.505 e. The number of nitro groups is 1. The summed E-state index contributed by atoms with van der Waals surface area (Å²) in [5, 5.41) is 31.7. The predicted molar refractivity (Wildman–Crippen MR) is 120 cm³/mol. The molecule has 3 rings (SSSR count). The third-order valence-corrected chi connectivity index (χ3v) is 5.08. The van der Waals surface area contributed by atoms with Crippen LogP contribution in [0.2, 0.25) is 0 Å². The smallest absolute Gasteiger partial charge is 0.298 e. The molecule has 144 valence electrons. The first kappa shape index (κ1) is 20.0. The zero-order chi connectivity index (χ0) is 20.6. The molecule has 28 heavy (non-hydrogen) atoms. The van der Waals surface area contributed by atoms with E-state index < -0.39 is 4.92 Å². The summed E-state index contributed by atoms with van der Waals surface area (Å²) in [4.78, 5) is 10.7. The normalized spacial score (nSPS) is 12.0. The van der Waals surface area contributed by atoms with Crippen LogP contribution >= 0.6 is 22.6 Å². The van der Waals surface area contributed by atoms with E-state index in [-0.39, 0.29) is 28.5 Å². The summed E-state index contributed by atoms with van der Waals surface area (Å²) < 4.78 is 1.20. The zero-order valence-corrected chi connectivity index (χ0v) is 17.7. The van der Waals surface area contributed by atoms with Gasteiger partial charge in [-0.1, -0.05) is 0 Å². The van der Waals surface area contributed by atoms with Crippen LogP contribution < -0.4 is 10.2 Å². The van der Waals surface area contributed by atoms with Gasteiger partial charge in [0.2, 0.25) is 0 Å². The molecule has 8 nitrogen and oxygen atoms in total. The molecule has 0 saturated carbocycles. The quantitative estimate of drug-likeness (QED) is 0.129. The number of nitrogens with zero attached hydrogens (tertiary/aromatic N) is 4. The topological polar surface area (TPSA) is 114 Å². The van der Waals surface area contributed by atoms with Crippen molar-refractivity contribution in [2.75, 3.05) is 26.9 Å². The Hall–Kier alpha value is -2.79. The zero-order valence-electron chi connectivity index (χ0n) is 15.5. The van der Waals surface area contributed by atoms with Crippen molar-refractivity contribution >= 4 is 61.8 Å². The first-order valence-corrected chi connectivity index (χ1v) is 9.38. The minimum Gasteiger partial charge on any atom is -0.505 e. The maximum atomic E-state index is 11.3. The number of aromatic hydroxyl groups is 1. The molecule has 3 N–H and O–H groups in total. The molecular formula is C19H19IN5O3+. The molecule has 0 aliphatic rings. The first-order chi connectivity index (χ1) is 13.1. The predicted octanol–water partition coefficient (Wildman–Crippen LogP) is 5.25. The van der Waals surface area contributed by atoms with Gasteiger partial charge in [0.15, 0.2) is 11.4 Å². The van der Waals surface area contributed by atoms with Gasteiger partial charge in [-0.15, -0.1) is 10.2 Å². The van der Waals surface area contributed by atoms with Crippen molar-refractivity contribution in [2.45, 2.75) is 0 Å². The molecule has 0 atom stereocenters. The number of nitrogen functional groups attached to an aromatic ring is 1. The maximum Gasteiger partial charge on any atom is 0.298 e. The summed E-state index contributed by atoms with van der Waals surface area (Å²) in [6.07, 6.45) is 0. The number of benzene rings is 3. The molecule has 0 saturated heterocycles. The van der Waals surface area contributed by atoms with Crippen molar-refractivity contribution in [3.05, 3.63) is 56.1 Å². The average molecular weight is 492 g/mol. The van der Waals surface area contributed by atoms with Crippen LogP contribution in [0.3, 0.4) is 0 Å². The van der Waals surface area contributed by atoms with Crippen LogP contribution in [-0.4, -0.2) is 31.2 Å². The molecule has 0 heterocycles. The van der Waals surface area contributed by atoms with E-state index in [4.69, 9.17) is 5.73 Å². The van der Waals surface area contributed by atoms with Gasteiger partial charge in [-0.3, -0.25) is 14.6 Å². The van der Waals surface area contributed by atoms with Gasteiger partial charge in [0.25, 0.3) is 5.69 Å². The number of hydrogen-bond donors (Lipinski definition) is 2. The minimum atomic E-state index is -0.563. The van der Waals surface area contributed by atoms with Crippen LogP contribution in [0, 0.1) is 13.7 Å². The molecule has 0 aliphatic carbocycles. The molecule has 3 aromatic rings. The van der Waals surface area contributed by atoms with E-state index in [0.29, 0.717) is 13.4 Å². The molecule has 3 aromatic carbocycles. The minimum absolute atomic E-state index is 0.0199. The van der Waals surface area contributed by atoms with E-state index in [1.807, 2.05) is 68.0 Å². The number of quaternary nitrogens is 1. The monoisotopic (exact) mass is 492 g/mol. The van der Waals surface area contributed by atoms with Crippen molar-refractivity contribution < 1.29 is 10.0 Å². The molecule has 0 radical (unpaired) electrons. The number of fused-ring (bicyclic) bond motifs is 1. The molecule has 0 spiro atoms. The van der Waals surface area contributed by atoms with E-state index in [1.165, 1.54) is 18.2 Å². The molecule has 0 bridgehead atoms. The second-order valence-electron chi connectivity index (χ2n) is 7.18. The van der Waals surface area contributed by atoms with Crippen LogP contribution in [-0.2, 0) is 0 Å². The number of rotatable bonds is 4. The van der Waals surface area contributed by atoms with Crippen LogP contribution in [0.5, 0.6) is 5.75 Å². The highest BCUT2D eigenvalue weighted by molar-refractivity contribution is 14.1.